The lowest BCUT2D eigenvalue weighted by atomic mass is 10.0. The Kier molecular flexibility index (Phi) is 6.77. The van der Waals surface area contributed by atoms with Crippen molar-refractivity contribution < 1.29 is 32.3 Å². The van der Waals surface area contributed by atoms with Crippen LogP contribution in [0.4, 0.5) is 28.9 Å². The van der Waals surface area contributed by atoms with Crippen LogP contribution in [0.1, 0.15) is 38.8 Å². The molecule has 182 valence electrons. The number of hydrogen-bond donors (Lipinski definition) is 2. The zero-order valence-electron chi connectivity index (χ0n) is 17.7. The zero-order valence-corrected chi connectivity index (χ0v) is 19.2. The zero-order chi connectivity index (χ0) is 25.5. The Bertz CT molecular complexity index is 1340. The van der Waals surface area contributed by atoms with Crippen molar-refractivity contribution in [1.82, 2.24) is 0 Å². The third-order valence-electron chi connectivity index (χ3n) is 5.53. The second-order valence-electron chi connectivity index (χ2n) is 7.85. The van der Waals surface area contributed by atoms with E-state index in [0.717, 1.165) is 35.2 Å². The monoisotopic (exact) mass is 526 g/mol. The molecule has 0 bridgehead atoms. The minimum atomic E-state index is -3.52. The lowest BCUT2D eigenvalue weighted by Crippen LogP contribution is -2.33. The fraction of sp³-hybridized carbons (Fsp3) is 0.167. The molecule has 5 nitrogen and oxygen atoms in total. The van der Waals surface area contributed by atoms with Gasteiger partial charge in [-0.05, 0) is 54.6 Å². The molecule has 0 aliphatic carbocycles. The van der Waals surface area contributed by atoms with Crippen LogP contribution in [0.3, 0.4) is 0 Å². The first kappa shape index (κ1) is 25.0. The number of carbonyl (C=O) groups is 2. The van der Waals surface area contributed by atoms with Crippen LogP contribution in [0.25, 0.3) is 0 Å². The van der Waals surface area contributed by atoms with Crippen molar-refractivity contribution in [3.05, 3.63) is 93.0 Å². The number of rotatable bonds is 3. The Morgan fingerprint density at radius 2 is 1.77 bits per heavy atom. The van der Waals surface area contributed by atoms with Gasteiger partial charge in [-0.1, -0.05) is 23.2 Å². The minimum Gasteiger partial charge on any atom is -0.382 e. The molecule has 0 fully saturated rings. The number of fused-ring (bicyclic) bond motifs is 1. The summed E-state index contributed by atoms with van der Waals surface area (Å²) in [7, 11) is 0. The van der Waals surface area contributed by atoms with Crippen molar-refractivity contribution >= 4 is 46.4 Å². The highest BCUT2D eigenvalue weighted by molar-refractivity contribution is 6.34. The smallest absolute Gasteiger partial charge is 0.279 e. The number of benzene rings is 3. The van der Waals surface area contributed by atoms with Gasteiger partial charge >= 0.3 is 0 Å². The lowest BCUT2D eigenvalue weighted by Gasteiger charge is -2.23. The molecule has 3 aromatic rings. The van der Waals surface area contributed by atoms with Gasteiger partial charge in [0.05, 0.1) is 22.0 Å². The number of amides is 2. The first-order chi connectivity index (χ1) is 16.5. The third kappa shape index (κ3) is 4.98. The Labute approximate surface area is 206 Å². The number of hydrogen-bond acceptors (Lipinski definition) is 3. The van der Waals surface area contributed by atoms with Gasteiger partial charge in [0.1, 0.15) is 17.7 Å². The van der Waals surface area contributed by atoms with E-state index in [0.29, 0.717) is 0 Å². The van der Waals surface area contributed by atoms with Gasteiger partial charge in [0.25, 0.3) is 17.7 Å². The highest BCUT2D eigenvalue weighted by atomic mass is 35.5. The molecule has 11 heteroatoms. The van der Waals surface area contributed by atoms with Crippen molar-refractivity contribution in [2.45, 2.75) is 18.4 Å². The van der Waals surface area contributed by atoms with Crippen LogP contribution in [-0.4, -0.2) is 29.4 Å². The maximum absolute atomic E-state index is 14.8. The van der Waals surface area contributed by atoms with Gasteiger partial charge in [0.15, 0.2) is 0 Å². The quantitative estimate of drug-likeness (QED) is 0.396. The predicted molar refractivity (Wildman–Crippen MR) is 123 cm³/mol. The van der Waals surface area contributed by atoms with Crippen molar-refractivity contribution in [3.63, 3.8) is 0 Å². The van der Waals surface area contributed by atoms with Crippen molar-refractivity contribution in [3.8, 4) is 0 Å². The second kappa shape index (κ2) is 9.49. The average molecular weight is 527 g/mol. The number of halogens is 6. The number of nitrogens with one attached hydrogen (secondary N) is 1. The SMILES string of the molecule is O=C(Nc1ccc(C(=O)N2CCC(F)(F)[C@H](O)c3cc(Cl)ccc32)cc1F)c1cc(F)ccc1Cl. The normalized spacial score (nSPS) is 16.9. The summed E-state index contributed by atoms with van der Waals surface area (Å²) in [5.74, 6) is -6.90. The van der Waals surface area contributed by atoms with E-state index in [9.17, 15) is 32.3 Å². The molecule has 3 aromatic carbocycles. The molecule has 0 aromatic heterocycles. The fourth-order valence-electron chi connectivity index (χ4n) is 3.71. The van der Waals surface area contributed by atoms with E-state index < -0.39 is 48.4 Å². The van der Waals surface area contributed by atoms with Gasteiger partial charge in [-0.2, -0.15) is 0 Å². The van der Waals surface area contributed by atoms with Crippen LogP contribution < -0.4 is 10.2 Å². The van der Waals surface area contributed by atoms with Gasteiger partial charge in [-0.3, -0.25) is 9.59 Å². The van der Waals surface area contributed by atoms with Crippen LogP contribution in [0.5, 0.6) is 0 Å². The standard InChI is InChI=1S/C24H16Cl2F4N2O3/c25-13-2-6-20-16(10-13)21(33)24(29,30)7-8-32(20)23(35)12-1-5-19(18(28)9-12)31-22(34)15-11-14(27)3-4-17(15)26/h1-6,9-11,21,33H,7-8H2,(H,31,34)/t21-/m1/s1. The Morgan fingerprint density at radius 1 is 1.03 bits per heavy atom. The first-order valence-electron chi connectivity index (χ1n) is 10.2. The van der Waals surface area contributed by atoms with Gasteiger partial charge in [-0.15, -0.1) is 0 Å². The molecule has 4 rings (SSSR count). The Hall–Kier alpha value is -3.14. The molecule has 0 radical (unpaired) electrons. The first-order valence-corrected chi connectivity index (χ1v) is 11.0. The molecule has 0 saturated carbocycles. The number of carbonyl (C=O) groups excluding carboxylic acids is 2. The second-order valence-corrected chi connectivity index (χ2v) is 8.69. The number of nitrogens with zero attached hydrogens (tertiary/aromatic N) is 1. The van der Waals surface area contributed by atoms with Crippen LogP contribution >= 0.6 is 23.2 Å². The van der Waals surface area contributed by atoms with Crippen molar-refractivity contribution in [2.75, 3.05) is 16.8 Å². The van der Waals surface area contributed by atoms with E-state index in [1.165, 1.54) is 24.3 Å². The molecule has 0 spiro atoms. The third-order valence-corrected chi connectivity index (χ3v) is 6.09. The van der Waals surface area contributed by atoms with Gasteiger partial charge in [-0.25, -0.2) is 17.6 Å². The molecule has 1 heterocycles. The molecule has 0 unspecified atom stereocenters. The van der Waals surface area contributed by atoms with Crippen LogP contribution in [0.2, 0.25) is 10.0 Å². The molecular formula is C24H16Cl2F4N2O3. The Morgan fingerprint density at radius 3 is 2.49 bits per heavy atom. The molecule has 1 atom stereocenters. The van der Waals surface area contributed by atoms with Gasteiger partial charge < -0.3 is 15.3 Å². The van der Waals surface area contributed by atoms with Crippen LogP contribution in [-0.2, 0) is 0 Å². The summed E-state index contributed by atoms with van der Waals surface area (Å²) in [5, 5.41) is 12.5. The summed E-state index contributed by atoms with van der Waals surface area (Å²) in [5.41, 5.74) is -0.931. The lowest BCUT2D eigenvalue weighted by molar-refractivity contribution is -0.112. The number of aliphatic hydroxyl groups is 1. The molecule has 2 N–H and O–H groups in total. The fourth-order valence-corrected chi connectivity index (χ4v) is 4.10. The summed E-state index contributed by atoms with van der Waals surface area (Å²) >= 11 is 11.8. The number of alkyl halides is 2. The average Bonchev–Trinajstić information content (AvgIpc) is 2.90. The number of anilines is 2. The molecule has 1 aliphatic heterocycles. The summed E-state index contributed by atoms with van der Waals surface area (Å²) in [6.07, 6.45) is -3.02. The van der Waals surface area contributed by atoms with Crippen LogP contribution in [0.15, 0.2) is 54.6 Å². The van der Waals surface area contributed by atoms with Crippen molar-refractivity contribution in [1.29, 1.82) is 0 Å². The van der Waals surface area contributed by atoms with Crippen LogP contribution in [0, 0.1) is 11.6 Å². The topological polar surface area (TPSA) is 69.6 Å². The Balaban J connectivity index is 1.62. The van der Waals surface area contributed by atoms with Gasteiger partial charge in [0, 0.05) is 29.1 Å². The molecule has 2 amide bonds. The van der Waals surface area contributed by atoms with E-state index in [-0.39, 0.29) is 38.1 Å². The molecule has 0 saturated heterocycles. The number of aliphatic hydroxyl groups excluding tert-OH is 1. The summed E-state index contributed by atoms with van der Waals surface area (Å²) < 4.78 is 57.0. The van der Waals surface area contributed by atoms with E-state index in [4.69, 9.17) is 23.2 Å². The van der Waals surface area contributed by atoms with E-state index in [1.807, 2.05) is 0 Å². The van der Waals surface area contributed by atoms with Gasteiger partial charge in [0.2, 0.25) is 0 Å². The molecule has 35 heavy (non-hydrogen) atoms. The van der Waals surface area contributed by atoms with Crippen molar-refractivity contribution in [2.24, 2.45) is 0 Å². The highest BCUT2D eigenvalue weighted by Crippen LogP contribution is 2.43. The summed E-state index contributed by atoms with van der Waals surface area (Å²) in [6.45, 7) is -0.449. The molecule has 1 aliphatic rings. The maximum Gasteiger partial charge on any atom is 0.279 e. The van der Waals surface area contributed by atoms with E-state index in [2.05, 4.69) is 5.32 Å². The highest BCUT2D eigenvalue weighted by Gasteiger charge is 2.44. The predicted octanol–water partition coefficient (Wildman–Crippen LogP) is 6.24. The van der Waals surface area contributed by atoms with E-state index in [1.54, 1.807) is 0 Å². The summed E-state index contributed by atoms with van der Waals surface area (Å²) in [6, 6.07) is 10.1. The summed E-state index contributed by atoms with van der Waals surface area (Å²) in [4.78, 5) is 26.6. The largest absolute Gasteiger partial charge is 0.382 e. The minimum absolute atomic E-state index is 0.0163. The maximum atomic E-state index is 14.8. The molecular weight excluding hydrogens is 511 g/mol. The van der Waals surface area contributed by atoms with E-state index >= 15 is 0 Å².